The quantitative estimate of drug-likeness (QED) is 0.730. The lowest BCUT2D eigenvalue weighted by atomic mass is 10.0. The first-order valence-electron chi connectivity index (χ1n) is 6.21. The zero-order chi connectivity index (χ0) is 14.7. The molecule has 2 aromatic rings. The van der Waals surface area contributed by atoms with Crippen LogP contribution in [-0.4, -0.2) is 32.8 Å². The summed E-state index contributed by atoms with van der Waals surface area (Å²) in [5.74, 6) is -1.38. The van der Waals surface area contributed by atoms with Crippen molar-refractivity contribution in [3.05, 3.63) is 36.0 Å². The van der Waals surface area contributed by atoms with E-state index in [1.54, 1.807) is 13.1 Å². The Morgan fingerprint density at radius 2 is 2.10 bits per heavy atom. The van der Waals surface area contributed by atoms with Gasteiger partial charge in [0.2, 0.25) is 5.91 Å². The van der Waals surface area contributed by atoms with Crippen LogP contribution in [0.4, 0.5) is 0 Å². The van der Waals surface area contributed by atoms with E-state index in [1.807, 2.05) is 24.3 Å². The number of rotatable bonds is 5. The molecule has 1 aromatic carbocycles. The molecule has 0 aliphatic carbocycles. The van der Waals surface area contributed by atoms with Gasteiger partial charge in [0.25, 0.3) is 0 Å². The molecule has 5 nitrogen and oxygen atoms in total. The molecule has 3 N–H and O–H groups in total. The number of H-pyrrole nitrogens is 1. The summed E-state index contributed by atoms with van der Waals surface area (Å²) >= 11 is 3.12. The summed E-state index contributed by atoms with van der Waals surface area (Å²) in [4.78, 5) is 25.6. The third-order valence-corrected chi connectivity index (χ3v) is 3.49. The predicted octanol–water partition coefficient (Wildman–Crippen LogP) is 2.06. The molecular formula is C14H15BrN2O3. The molecule has 0 aliphatic heterocycles. The number of para-hydroxylation sites is 1. The molecule has 106 valence electrons. The maximum Gasteiger partial charge on any atom is 0.326 e. The highest BCUT2D eigenvalue weighted by molar-refractivity contribution is 9.10. The number of aromatic amines is 1. The van der Waals surface area contributed by atoms with Gasteiger partial charge in [0, 0.05) is 23.5 Å². The zero-order valence-electron chi connectivity index (χ0n) is 10.9. The molecular weight excluding hydrogens is 324 g/mol. The first-order valence-corrected chi connectivity index (χ1v) is 7.13. The lowest BCUT2D eigenvalue weighted by Crippen LogP contribution is -2.44. The van der Waals surface area contributed by atoms with Crippen molar-refractivity contribution < 1.29 is 14.7 Å². The highest BCUT2D eigenvalue weighted by atomic mass is 79.9. The molecule has 0 spiro atoms. The number of carbonyl (C=O) groups excluding carboxylic acids is 1. The van der Waals surface area contributed by atoms with Crippen LogP contribution in [0.1, 0.15) is 12.5 Å². The van der Waals surface area contributed by atoms with Gasteiger partial charge < -0.3 is 15.4 Å². The fraction of sp³-hybridized carbons (Fsp3) is 0.286. The summed E-state index contributed by atoms with van der Waals surface area (Å²) in [5.41, 5.74) is 1.82. The standard InChI is InChI=1S/C14H15BrN2O3/c1-8(15)13(18)17-12(14(19)20)6-9-7-16-11-5-3-2-4-10(9)11/h2-5,7-8,12,16H,6H2,1H3,(H,17,18)(H,19,20)/t8?,12-/m0/s1. The molecule has 0 saturated carbocycles. The number of carboxylic acid groups (broad SMARTS) is 1. The van der Waals surface area contributed by atoms with Crippen LogP contribution in [0.3, 0.4) is 0 Å². The molecule has 1 heterocycles. The normalized spacial score (nSPS) is 13.9. The average molecular weight is 339 g/mol. The first kappa shape index (κ1) is 14.6. The Morgan fingerprint density at radius 1 is 1.40 bits per heavy atom. The number of hydrogen-bond donors (Lipinski definition) is 3. The molecule has 6 heteroatoms. The Balaban J connectivity index is 2.20. The van der Waals surface area contributed by atoms with E-state index in [2.05, 4.69) is 26.2 Å². The van der Waals surface area contributed by atoms with Crippen molar-refractivity contribution >= 4 is 38.7 Å². The number of hydrogen-bond acceptors (Lipinski definition) is 2. The Morgan fingerprint density at radius 3 is 2.75 bits per heavy atom. The number of nitrogens with one attached hydrogen (secondary N) is 2. The second-order valence-electron chi connectivity index (χ2n) is 4.58. The molecule has 1 aromatic heterocycles. The number of carbonyl (C=O) groups is 2. The van der Waals surface area contributed by atoms with Crippen molar-refractivity contribution in [2.45, 2.75) is 24.2 Å². The van der Waals surface area contributed by atoms with Gasteiger partial charge in [-0.25, -0.2) is 4.79 Å². The van der Waals surface area contributed by atoms with Crippen molar-refractivity contribution in [3.8, 4) is 0 Å². The van der Waals surface area contributed by atoms with E-state index in [0.29, 0.717) is 0 Å². The smallest absolute Gasteiger partial charge is 0.326 e. The number of carboxylic acids is 1. The molecule has 2 atom stereocenters. The largest absolute Gasteiger partial charge is 0.480 e. The van der Waals surface area contributed by atoms with Crippen LogP contribution in [0.15, 0.2) is 30.5 Å². The van der Waals surface area contributed by atoms with Crippen LogP contribution in [0, 0.1) is 0 Å². The number of aromatic nitrogens is 1. The van der Waals surface area contributed by atoms with Crippen molar-refractivity contribution in [2.24, 2.45) is 0 Å². The van der Waals surface area contributed by atoms with Gasteiger partial charge in [0.1, 0.15) is 6.04 Å². The van der Waals surface area contributed by atoms with Crippen molar-refractivity contribution in [1.82, 2.24) is 10.3 Å². The first-order chi connectivity index (χ1) is 9.49. The Hall–Kier alpha value is -1.82. The van der Waals surface area contributed by atoms with Crippen LogP contribution < -0.4 is 5.32 Å². The lowest BCUT2D eigenvalue weighted by Gasteiger charge is -2.15. The van der Waals surface area contributed by atoms with E-state index >= 15 is 0 Å². The second-order valence-corrected chi connectivity index (χ2v) is 5.95. The number of halogens is 1. The highest BCUT2D eigenvalue weighted by Crippen LogP contribution is 2.19. The molecule has 2 rings (SSSR count). The molecule has 0 saturated heterocycles. The van der Waals surface area contributed by atoms with Crippen LogP contribution >= 0.6 is 15.9 Å². The third-order valence-electron chi connectivity index (χ3n) is 3.07. The van der Waals surface area contributed by atoms with Gasteiger partial charge in [0.15, 0.2) is 0 Å². The van der Waals surface area contributed by atoms with Gasteiger partial charge in [-0.05, 0) is 18.6 Å². The number of aliphatic carboxylic acids is 1. The number of fused-ring (bicyclic) bond motifs is 1. The summed E-state index contributed by atoms with van der Waals surface area (Å²) in [7, 11) is 0. The second kappa shape index (κ2) is 6.09. The predicted molar refractivity (Wildman–Crippen MR) is 80.0 cm³/mol. The third kappa shape index (κ3) is 3.19. The fourth-order valence-electron chi connectivity index (χ4n) is 2.01. The van der Waals surface area contributed by atoms with Crippen molar-refractivity contribution in [1.29, 1.82) is 0 Å². The Bertz CT molecular complexity index is 636. The van der Waals surface area contributed by atoms with Crippen LogP contribution in [0.5, 0.6) is 0 Å². The van der Waals surface area contributed by atoms with Gasteiger partial charge in [0.05, 0.1) is 4.83 Å². The molecule has 0 radical (unpaired) electrons. The molecule has 1 amide bonds. The van der Waals surface area contributed by atoms with E-state index in [4.69, 9.17) is 0 Å². The lowest BCUT2D eigenvalue weighted by molar-refractivity contribution is -0.141. The molecule has 20 heavy (non-hydrogen) atoms. The zero-order valence-corrected chi connectivity index (χ0v) is 12.5. The van der Waals surface area contributed by atoms with Crippen molar-refractivity contribution in [2.75, 3.05) is 0 Å². The summed E-state index contributed by atoms with van der Waals surface area (Å²) in [5, 5.41) is 12.7. The minimum absolute atomic E-state index is 0.241. The average Bonchev–Trinajstić information content (AvgIpc) is 2.81. The maximum atomic E-state index is 11.6. The number of benzene rings is 1. The summed E-state index contributed by atoms with van der Waals surface area (Å²) in [6.45, 7) is 1.65. The van der Waals surface area contributed by atoms with Gasteiger partial charge in [-0.2, -0.15) is 0 Å². The Kier molecular flexibility index (Phi) is 4.44. The molecule has 0 aliphatic rings. The number of alkyl halides is 1. The molecule has 0 fully saturated rings. The van der Waals surface area contributed by atoms with Gasteiger partial charge in [-0.1, -0.05) is 34.1 Å². The van der Waals surface area contributed by atoms with E-state index in [9.17, 15) is 14.7 Å². The maximum absolute atomic E-state index is 11.6. The highest BCUT2D eigenvalue weighted by Gasteiger charge is 2.23. The Labute approximate surface area is 124 Å². The molecule has 0 bridgehead atoms. The van der Waals surface area contributed by atoms with Crippen LogP contribution in [0.25, 0.3) is 10.9 Å². The van der Waals surface area contributed by atoms with Crippen LogP contribution in [-0.2, 0) is 16.0 Å². The van der Waals surface area contributed by atoms with Crippen molar-refractivity contribution in [3.63, 3.8) is 0 Å². The van der Waals surface area contributed by atoms with Gasteiger partial charge in [-0.15, -0.1) is 0 Å². The minimum atomic E-state index is -1.04. The number of amides is 1. The SMILES string of the molecule is CC(Br)C(=O)N[C@@H](Cc1c[nH]c2ccccc12)C(=O)O. The fourth-order valence-corrected chi connectivity index (χ4v) is 2.14. The summed E-state index contributed by atoms with van der Waals surface area (Å²) < 4.78 is 0. The summed E-state index contributed by atoms with van der Waals surface area (Å²) in [6, 6.07) is 6.71. The van der Waals surface area contributed by atoms with Gasteiger partial charge >= 0.3 is 5.97 Å². The van der Waals surface area contributed by atoms with Crippen LogP contribution in [0.2, 0.25) is 0 Å². The monoisotopic (exact) mass is 338 g/mol. The van der Waals surface area contributed by atoms with E-state index in [1.165, 1.54) is 0 Å². The summed E-state index contributed by atoms with van der Waals surface area (Å²) in [6.07, 6.45) is 2.02. The topological polar surface area (TPSA) is 82.2 Å². The van der Waals surface area contributed by atoms with E-state index in [-0.39, 0.29) is 12.3 Å². The van der Waals surface area contributed by atoms with E-state index in [0.717, 1.165) is 16.5 Å². The minimum Gasteiger partial charge on any atom is -0.480 e. The molecule has 1 unspecified atom stereocenters. The van der Waals surface area contributed by atoms with Gasteiger partial charge in [-0.3, -0.25) is 4.79 Å². The van der Waals surface area contributed by atoms with E-state index < -0.39 is 16.8 Å².